The molecule has 0 bridgehead atoms. The Morgan fingerprint density at radius 3 is 2.59 bits per heavy atom. The summed E-state index contributed by atoms with van der Waals surface area (Å²) in [6.45, 7) is 6.18. The molecule has 3 saturated carbocycles. The van der Waals surface area contributed by atoms with Gasteiger partial charge in [0.2, 0.25) is 11.6 Å². The quantitative estimate of drug-likeness (QED) is 0.444. The van der Waals surface area contributed by atoms with Gasteiger partial charge in [0.1, 0.15) is 5.60 Å². The molecule has 0 spiro atoms. The highest BCUT2D eigenvalue weighted by atomic mass is 79.9. The molecule has 4 aliphatic carbocycles. The number of ketones is 2. The molecule has 4 aliphatic rings. The van der Waals surface area contributed by atoms with Gasteiger partial charge in [-0.1, -0.05) is 42.8 Å². The van der Waals surface area contributed by atoms with Crippen molar-refractivity contribution in [2.24, 2.45) is 28.6 Å². The summed E-state index contributed by atoms with van der Waals surface area (Å²) in [7, 11) is 0. The fourth-order valence-electron chi connectivity index (χ4n) is 7.50. The van der Waals surface area contributed by atoms with Crippen LogP contribution in [0.5, 0.6) is 0 Å². The van der Waals surface area contributed by atoms with Crippen molar-refractivity contribution >= 4 is 33.5 Å². The third-order valence-corrected chi connectivity index (χ3v) is 11.1. The van der Waals surface area contributed by atoms with Crippen molar-refractivity contribution in [1.82, 2.24) is 0 Å². The average Bonchev–Trinajstić information content (AvgIpc) is 2.92. The number of hydrogen-bond donors (Lipinski definition) is 2. The van der Waals surface area contributed by atoms with Crippen LogP contribution in [0.15, 0.2) is 23.6 Å². The molecule has 8 atom stereocenters. The van der Waals surface area contributed by atoms with E-state index in [0.29, 0.717) is 24.8 Å². The zero-order valence-corrected chi connectivity index (χ0v) is 20.4. The molecular formula is C24H30BrFO6. The van der Waals surface area contributed by atoms with E-state index in [2.05, 4.69) is 15.9 Å². The van der Waals surface area contributed by atoms with Gasteiger partial charge in [-0.05, 0) is 55.1 Å². The Morgan fingerprint density at radius 2 is 1.97 bits per heavy atom. The van der Waals surface area contributed by atoms with Gasteiger partial charge in [-0.25, -0.2) is 4.39 Å². The second-order valence-corrected chi connectivity index (χ2v) is 11.8. The molecule has 0 aliphatic heterocycles. The number of ether oxygens (including phenoxy) is 1. The van der Waals surface area contributed by atoms with Crippen LogP contribution in [-0.4, -0.2) is 50.4 Å². The van der Waals surface area contributed by atoms with Crippen molar-refractivity contribution in [1.29, 1.82) is 0 Å². The molecule has 0 radical (unpaired) electrons. The SMILES string of the molecule is CC(=O)OCC(=O)[C@@]1(O)[C@@H](C)C[C@H]2[C@@H]3CCC4=C(F)C(=O)C=C[C@]4(C)[C@@]3(Br)[C@@H](O)C[C@@]21C. The molecule has 0 aromatic heterocycles. The van der Waals surface area contributed by atoms with E-state index in [1.165, 1.54) is 13.0 Å². The Labute approximate surface area is 195 Å². The molecule has 0 unspecified atom stereocenters. The summed E-state index contributed by atoms with van der Waals surface area (Å²) in [6, 6.07) is 0. The van der Waals surface area contributed by atoms with Crippen LogP contribution in [0.1, 0.15) is 53.4 Å². The Balaban J connectivity index is 1.78. The number of hydrogen-bond acceptors (Lipinski definition) is 6. The predicted molar refractivity (Wildman–Crippen MR) is 117 cm³/mol. The largest absolute Gasteiger partial charge is 0.458 e. The first-order chi connectivity index (χ1) is 14.7. The number of carbonyl (C=O) groups excluding carboxylic acids is 3. The zero-order chi connectivity index (χ0) is 23.9. The lowest BCUT2D eigenvalue weighted by atomic mass is 9.46. The monoisotopic (exact) mass is 512 g/mol. The molecular weight excluding hydrogens is 483 g/mol. The second kappa shape index (κ2) is 7.31. The second-order valence-electron chi connectivity index (χ2n) is 10.5. The van der Waals surface area contributed by atoms with Crippen LogP contribution in [0.2, 0.25) is 0 Å². The third-order valence-electron chi connectivity index (χ3n) is 9.15. The Hall–Kier alpha value is -1.38. The van der Waals surface area contributed by atoms with Crippen molar-refractivity contribution in [3.63, 3.8) is 0 Å². The first-order valence-electron chi connectivity index (χ1n) is 11.1. The molecule has 0 amide bonds. The van der Waals surface area contributed by atoms with E-state index in [1.54, 1.807) is 6.08 Å². The number of allylic oxidation sites excluding steroid dienone is 4. The molecule has 3 fully saturated rings. The summed E-state index contributed by atoms with van der Waals surface area (Å²) in [5.41, 5.74) is -3.23. The van der Waals surface area contributed by atoms with Crippen LogP contribution in [0.25, 0.3) is 0 Å². The van der Waals surface area contributed by atoms with Crippen LogP contribution >= 0.6 is 15.9 Å². The van der Waals surface area contributed by atoms with E-state index in [9.17, 15) is 29.0 Å². The first kappa shape index (κ1) is 23.8. The van der Waals surface area contributed by atoms with Gasteiger partial charge in [-0.2, -0.15) is 0 Å². The molecule has 32 heavy (non-hydrogen) atoms. The summed E-state index contributed by atoms with van der Waals surface area (Å²) in [6.07, 6.45) is 3.45. The van der Waals surface area contributed by atoms with E-state index >= 15 is 0 Å². The predicted octanol–water partition coefficient (Wildman–Crippen LogP) is 3.19. The summed E-state index contributed by atoms with van der Waals surface area (Å²) < 4.78 is 18.8. The van der Waals surface area contributed by atoms with Gasteiger partial charge in [-0.15, -0.1) is 0 Å². The highest BCUT2D eigenvalue weighted by Crippen LogP contribution is 2.72. The fourth-order valence-corrected chi connectivity index (χ4v) is 8.58. The average molecular weight is 513 g/mol. The number of aliphatic hydroxyl groups excluding tert-OH is 1. The van der Waals surface area contributed by atoms with Gasteiger partial charge in [-0.3, -0.25) is 14.4 Å². The van der Waals surface area contributed by atoms with Crippen LogP contribution < -0.4 is 0 Å². The normalized spacial score (nSPS) is 47.6. The maximum Gasteiger partial charge on any atom is 0.303 e. The zero-order valence-electron chi connectivity index (χ0n) is 18.8. The van der Waals surface area contributed by atoms with E-state index in [1.807, 2.05) is 20.8 Å². The Morgan fingerprint density at radius 1 is 1.31 bits per heavy atom. The van der Waals surface area contributed by atoms with Crippen molar-refractivity contribution in [3.05, 3.63) is 23.6 Å². The van der Waals surface area contributed by atoms with Crippen LogP contribution in [0.4, 0.5) is 4.39 Å². The van der Waals surface area contributed by atoms with Crippen molar-refractivity contribution < 1.29 is 33.7 Å². The number of carbonyl (C=O) groups is 3. The Bertz CT molecular complexity index is 960. The number of halogens is 2. The summed E-state index contributed by atoms with van der Waals surface area (Å²) in [5.74, 6) is -3.28. The number of esters is 1. The molecule has 4 rings (SSSR count). The smallest absolute Gasteiger partial charge is 0.303 e. The molecule has 6 nitrogen and oxygen atoms in total. The van der Waals surface area contributed by atoms with E-state index in [0.717, 1.165) is 0 Å². The van der Waals surface area contributed by atoms with Gasteiger partial charge >= 0.3 is 5.97 Å². The van der Waals surface area contributed by atoms with E-state index in [-0.39, 0.29) is 18.3 Å². The maximum absolute atomic E-state index is 14.8. The maximum atomic E-state index is 14.8. The highest BCUT2D eigenvalue weighted by Gasteiger charge is 2.74. The number of aliphatic hydroxyl groups is 2. The van der Waals surface area contributed by atoms with Crippen LogP contribution in [0.3, 0.4) is 0 Å². The lowest BCUT2D eigenvalue weighted by molar-refractivity contribution is -0.181. The molecule has 0 heterocycles. The molecule has 2 N–H and O–H groups in total. The van der Waals surface area contributed by atoms with Gasteiger partial charge in [0.15, 0.2) is 12.4 Å². The van der Waals surface area contributed by atoms with Gasteiger partial charge < -0.3 is 14.9 Å². The fraction of sp³-hybridized carbons (Fsp3) is 0.708. The summed E-state index contributed by atoms with van der Waals surface area (Å²) in [5, 5.41) is 23.3. The van der Waals surface area contributed by atoms with E-state index in [4.69, 9.17) is 4.74 Å². The molecule has 0 aromatic rings. The minimum atomic E-state index is -1.76. The molecule has 176 valence electrons. The van der Waals surface area contributed by atoms with Crippen molar-refractivity contribution in [3.8, 4) is 0 Å². The topological polar surface area (TPSA) is 101 Å². The van der Waals surface area contributed by atoms with Crippen LogP contribution in [-0.2, 0) is 19.1 Å². The van der Waals surface area contributed by atoms with E-state index < -0.39 is 62.7 Å². The van der Waals surface area contributed by atoms with Gasteiger partial charge in [0, 0.05) is 17.8 Å². The minimum Gasteiger partial charge on any atom is -0.458 e. The van der Waals surface area contributed by atoms with Crippen molar-refractivity contribution in [2.45, 2.75) is 69.4 Å². The first-order valence-corrected chi connectivity index (χ1v) is 11.9. The number of rotatable bonds is 3. The standard InChI is InChI=1S/C24H30BrFO6/c1-12-9-16-14-5-6-15-20(26)17(28)7-8-21(15,3)23(14,25)18(29)10-22(16,4)24(12,31)19(30)11-32-13(2)27/h7-8,12,14,16,18,29,31H,5-6,9-11H2,1-4H3/t12-,14-,16-,18-,21-,22-,23-,24-/m0/s1. The van der Waals surface area contributed by atoms with Crippen molar-refractivity contribution in [2.75, 3.05) is 6.61 Å². The lowest BCUT2D eigenvalue weighted by Crippen LogP contribution is -2.68. The minimum absolute atomic E-state index is 0.109. The van der Waals surface area contributed by atoms with Gasteiger partial charge in [0.05, 0.1) is 10.4 Å². The number of alkyl halides is 1. The molecule has 0 saturated heterocycles. The van der Waals surface area contributed by atoms with Gasteiger partial charge in [0.25, 0.3) is 0 Å². The number of fused-ring (bicyclic) bond motifs is 5. The molecule has 8 heteroatoms. The Kier molecular flexibility index (Phi) is 5.43. The summed E-state index contributed by atoms with van der Waals surface area (Å²) >= 11 is 3.84. The lowest BCUT2D eigenvalue weighted by Gasteiger charge is -2.64. The summed E-state index contributed by atoms with van der Waals surface area (Å²) in [4.78, 5) is 36.4. The highest BCUT2D eigenvalue weighted by molar-refractivity contribution is 9.10. The number of Topliss-reactive ketones (excluding diaryl/α,β-unsaturated/α-hetero) is 1. The third kappa shape index (κ3) is 2.72. The molecule has 0 aromatic carbocycles. The van der Waals surface area contributed by atoms with Crippen LogP contribution in [0, 0.1) is 28.6 Å².